The molecule has 3 aromatic rings. The fourth-order valence-corrected chi connectivity index (χ4v) is 3.78. The Bertz CT molecular complexity index is 1250. The van der Waals surface area contributed by atoms with Crippen molar-refractivity contribution in [2.75, 3.05) is 31.2 Å². The van der Waals surface area contributed by atoms with Crippen molar-refractivity contribution in [2.24, 2.45) is 0 Å². The number of amides is 1. The molecule has 184 valence electrons. The summed E-state index contributed by atoms with van der Waals surface area (Å²) in [6, 6.07) is 9.62. The van der Waals surface area contributed by atoms with Gasteiger partial charge in [-0.15, -0.1) is 5.10 Å². The zero-order chi connectivity index (χ0) is 25.2. The van der Waals surface area contributed by atoms with Gasteiger partial charge in [-0.05, 0) is 30.7 Å². The average molecular weight is 490 g/mol. The monoisotopic (exact) mass is 490 g/mol. The number of nitrogens with zero attached hydrogens (tertiary/aromatic N) is 5. The number of morpholine rings is 1. The summed E-state index contributed by atoms with van der Waals surface area (Å²) in [7, 11) is 0. The van der Waals surface area contributed by atoms with Crippen LogP contribution < -0.4 is 10.2 Å². The molecule has 1 fully saturated rings. The molecule has 1 amide bonds. The van der Waals surface area contributed by atoms with E-state index in [9.17, 15) is 28.1 Å². The lowest BCUT2D eigenvalue weighted by atomic mass is 10.0. The Morgan fingerprint density at radius 1 is 1.17 bits per heavy atom. The number of rotatable bonds is 6. The number of alkyl halides is 3. The van der Waals surface area contributed by atoms with Crippen LogP contribution in [0.3, 0.4) is 0 Å². The van der Waals surface area contributed by atoms with E-state index in [1.165, 1.54) is 35.9 Å². The number of ether oxygens (including phenoxy) is 1. The molecule has 1 aliphatic rings. The molecule has 0 radical (unpaired) electrons. The van der Waals surface area contributed by atoms with Crippen LogP contribution in [-0.4, -0.2) is 52.1 Å². The molecule has 2 aromatic carbocycles. The van der Waals surface area contributed by atoms with Gasteiger partial charge in [-0.1, -0.05) is 17.3 Å². The number of aromatic nitrogens is 3. The number of anilines is 1. The Hall–Kier alpha value is -4.00. The number of nitrogens with one attached hydrogen (secondary N) is 1. The van der Waals surface area contributed by atoms with Gasteiger partial charge in [-0.3, -0.25) is 14.9 Å². The molecule has 0 spiro atoms. The summed E-state index contributed by atoms with van der Waals surface area (Å²) in [4.78, 5) is 25.0. The van der Waals surface area contributed by atoms with Crippen LogP contribution in [0.5, 0.6) is 0 Å². The number of nitro groups is 1. The second-order valence-corrected chi connectivity index (χ2v) is 7.83. The van der Waals surface area contributed by atoms with Gasteiger partial charge in [0.1, 0.15) is 0 Å². The Morgan fingerprint density at radius 2 is 1.91 bits per heavy atom. The third-order valence-corrected chi connectivity index (χ3v) is 5.61. The minimum Gasteiger partial charge on any atom is -0.378 e. The number of carbonyl (C=O) groups excluding carboxylic acids is 1. The number of hydrogen-bond donors (Lipinski definition) is 1. The van der Waals surface area contributed by atoms with Crippen LogP contribution >= 0.6 is 0 Å². The predicted octanol–water partition coefficient (Wildman–Crippen LogP) is 3.27. The first kappa shape index (κ1) is 24.1. The molecule has 0 unspecified atom stereocenters. The van der Waals surface area contributed by atoms with Crippen LogP contribution in [0.4, 0.5) is 24.5 Å². The fourth-order valence-electron chi connectivity index (χ4n) is 3.78. The van der Waals surface area contributed by atoms with E-state index in [1.807, 2.05) is 4.90 Å². The van der Waals surface area contributed by atoms with E-state index in [0.29, 0.717) is 37.7 Å². The fraction of sp³-hybridized carbons (Fsp3) is 0.318. The maximum absolute atomic E-state index is 13.8. The highest BCUT2D eigenvalue weighted by atomic mass is 19.4. The average Bonchev–Trinajstić information content (AvgIpc) is 3.23. The van der Waals surface area contributed by atoms with Crippen molar-refractivity contribution in [1.29, 1.82) is 0 Å². The molecule has 1 aromatic heterocycles. The molecular formula is C22H21F3N6O4. The Labute approximate surface area is 197 Å². The highest BCUT2D eigenvalue weighted by Crippen LogP contribution is 2.35. The van der Waals surface area contributed by atoms with Crippen LogP contribution in [0.2, 0.25) is 0 Å². The zero-order valence-corrected chi connectivity index (χ0v) is 18.6. The molecule has 10 nitrogen and oxygen atoms in total. The van der Waals surface area contributed by atoms with Crippen molar-refractivity contribution in [3.63, 3.8) is 0 Å². The summed E-state index contributed by atoms with van der Waals surface area (Å²) in [5.41, 5.74) is -0.154. The van der Waals surface area contributed by atoms with E-state index in [1.54, 1.807) is 12.1 Å². The first-order valence-corrected chi connectivity index (χ1v) is 10.6. The van der Waals surface area contributed by atoms with Gasteiger partial charge in [0, 0.05) is 37.5 Å². The molecule has 0 aliphatic carbocycles. The van der Waals surface area contributed by atoms with Crippen LogP contribution in [0, 0.1) is 17.0 Å². The molecule has 0 saturated carbocycles. The van der Waals surface area contributed by atoms with E-state index in [-0.39, 0.29) is 29.2 Å². The maximum Gasteiger partial charge on any atom is 0.416 e. The van der Waals surface area contributed by atoms with Crippen LogP contribution in [0.15, 0.2) is 42.5 Å². The standard InChI is InChI=1S/C22H21F3N6O4/c1-14-20(27-28-30(14)17-3-2-4-18(11-17)31(33)34)21(32)26-13-15-5-6-16(12-19(15)22(23,24)25)29-7-9-35-10-8-29/h2-6,11-12H,7-10,13H2,1H3,(H,26,32). The number of benzene rings is 2. The molecule has 2 heterocycles. The molecule has 1 N–H and O–H groups in total. The summed E-state index contributed by atoms with van der Waals surface area (Å²) < 4.78 is 47.8. The first-order chi connectivity index (χ1) is 16.6. The molecule has 35 heavy (non-hydrogen) atoms. The smallest absolute Gasteiger partial charge is 0.378 e. The second-order valence-electron chi connectivity index (χ2n) is 7.83. The summed E-state index contributed by atoms with van der Waals surface area (Å²) >= 11 is 0. The lowest BCUT2D eigenvalue weighted by molar-refractivity contribution is -0.384. The number of hydrogen-bond acceptors (Lipinski definition) is 7. The zero-order valence-electron chi connectivity index (χ0n) is 18.6. The van der Waals surface area contributed by atoms with Gasteiger partial charge in [-0.2, -0.15) is 13.2 Å². The van der Waals surface area contributed by atoms with E-state index in [0.717, 1.165) is 6.07 Å². The Balaban J connectivity index is 1.53. The highest BCUT2D eigenvalue weighted by molar-refractivity contribution is 5.93. The normalized spacial score (nSPS) is 14.1. The quantitative estimate of drug-likeness (QED) is 0.417. The van der Waals surface area contributed by atoms with Crippen LogP contribution in [0.1, 0.15) is 27.3 Å². The van der Waals surface area contributed by atoms with Crippen molar-refractivity contribution >= 4 is 17.3 Å². The van der Waals surface area contributed by atoms with Gasteiger partial charge in [0.05, 0.1) is 35.1 Å². The summed E-state index contributed by atoms with van der Waals surface area (Å²) in [6.45, 7) is 3.02. The Kier molecular flexibility index (Phi) is 6.69. The van der Waals surface area contributed by atoms with Gasteiger partial charge < -0.3 is 15.0 Å². The molecule has 13 heteroatoms. The van der Waals surface area contributed by atoms with Crippen molar-refractivity contribution < 1.29 is 27.6 Å². The lowest BCUT2D eigenvalue weighted by Crippen LogP contribution is -2.36. The predicted molar refractivity (Wildman–Crippen MR) is 118 cm³/mol. The summed E-state index contributed by atoms with van der Waals surface area (Å²) in [5, 5.41) is 21.2. The second kappa shape index (κ2) is 9.70. The molecule has 0 atom stereocenters. The van der Waals surface area contributed by atoms with Crippen molar-refractivity contribution in [1.82, 2.24) is 20.3 Å². The topological polar surface area (TPSA) is 115 Å². The van der Waals surface area contributed by atoms with Crippen molar-refractivity contribution in [2.45, 2.75) is 19.6 Å². The molecular weight excluding hydrogens is 469 g/mol. The van der Waals surface area contributed by atoms with Gasteiger partial charge in [0.15, 0.2) is 5.69 Å². The number of halogens is 3. The lowest BCUT2D eigenvalue weighted by Gasteiger charge is -2.29. The van der Waals surface area contributed by atoms with E-state index in [2.05, 4.69) is 15.6 Å². The number of carbonyl (C=O) groups is 1. The minimum absolute atomic E-state index is 0.0911. The van der Waals surface area contributed by atoms with Gasteiger partial charge in [-0.25, -0.2) is 4.68 Å². The largest absolute Gasteiger partial charge is 0.416 e. The molecule has 0 bridgehead atoms. The van der Waals surface area contributed by atoms with Crippen LogP contribution in [0.25, 0.3) is 5.69 Å². The molecule has 1 saturated heterocycles. The summed E-state index contributed by atoms with van der Waals surface area (Å²) in [6.07, 6.45) is -4.61. The summed E-state index contributed by atoms with van der Waals surface area (Å²) in [5.74, 6) is -0.718. The first-order valence-electron chi connectivity index (χ1n) is 10.6. The minimum atomic E-state index is -4.61. The third-order valence-electron chi connectivity index (χ3n) is 5.61. The van der Waals surface area contributed by atoms with E-state index >= 15 is 0 Å². The van der Waals surface area contributed by atoms with Gasteiger partial charge in [0.2, 0.25) is 0 Å². The van der Waals surface area contributed by atoms with Crippen molar-refractivity contribution in [3.8, 4) is 5.69 Å². The highest BCUT2D eigenvalue weighted by Gasteiger charge is 2.34. The number of non-ortho nitro benzene ring substituents is 1. The van der Waals surface area contributed by atoms with Gasteiger partial charge in [0.25, 0.3) is 11.6 Å². The van der Waals surface area contributed by atoms with Crippen molar-refractivity contribution in [3.05, 3.63) is 75.1 Å². The number of nitro benzene ring substituents is 1. The van der Waals surface area contributed by atoms with E-state index < -0.39 is 22.6 Å². The third kappa shape index (κ3) is 5.24. The van der Waals surface area contributed by atoms with Crippen LogP contribution in [-0.2, 0) is 17.5 Å². The van der Waals surface area contributed by atoms with Gasteiger partial charge >= 0.3 is 6.18 Å². The molecule has 4 rings (SSSR count). The van der Waals surface area contributed by atoms with E-state index in [4.69, 9.17) is 4.74 Å². The SMILES string of the molecule is Cc1c(C(=O)NCc2ccc(N3CCOCC3)cc2C(F)(F)F)nnn1-c1cccc([N+](=O)[O-])c1. The Morgan fingerprint density at radius 3 is 2.60 bits per heavy atom. The molecule has 1 aliphatic heterocycles. The maximum atomic E-state index is 13.8.